The molecule has 21 heavy (non-hydrogen) atoms. The summed E-state index contributed by atoms with van der Waals surface area (Å²) in [6.07, 6.45) is 0. The molecule has 0 aromatic heterocycles. The smallest absolute Gasteiger partial charge is 0.255 e. The minimum atomic E-state index is -0.416. The standard InChI is InChI=1S/C16H16FNO3/c1-10-4-5-11(8-13(10)17)16(19)18-14-9-12(20-2)6-7-15(14)21-3/h4-9H,1-3H3,(H,18,19). The Kier molecular flexibility index (Phi) is 4.42. The van der Waals surface area contributed by atoms with Gasteiger partial charge >= 0.3 is 0 Å². The number of rotatable bonds is 4. The van der Waals surface area contributed by atoms with E-state index in [1.54, 1.807) is 37.3 Å². The number of aryl methyl sites for hydroxylation is 1. The molecule has 0 aliphatic rings. The zero-order chi connectivity index (χ0) is 15.4. The van der Waals surface area contributed by atoms with Gasteiger partial charge in [0.15, 0.2) is 0 Å². The minimum Gasteiger partial charge on any atom is -0.497 e. The first-order valence-electron chi connectivity index (χ1n) is 6.34. The molecule has 0 heterocycles. The van der Waals surface area contributed by atoms with E-state index in [0.29, 0.717) is 22.7 Å². The van der Waals surface area contributed by atoms with Crippen molar-refractivity contribution >= 4 is 11.6 Å². The summed E-state index contributed by atoms with van der Waals surface area (Å²) >= 11 is 0. The largest absolute Gasteiger partial charge is 0.497 e. The molecule has 1 amide bonds. The van der Waals surface area contributed by atoms with E-state index in [9.17, 15) is 9.18 Å². The second-order valence-corrected chi connectivity index (χ2v) is 4.48. The van der Waals surface area contributed by atoms with Gasteiger partial charge in [0.2, 0.25) is 0 Å². The van der Waals surface area contributed by atoms with Crippen LogP contribution in [0.15, 0.2) is 36.4 Å². The predicted molar refractivity (Wildman–Crippen MR) is 78.6 cm³/mol. The van der Waals surface area contributed by atoms with Gasteiger partial charge in [-0.2, -0.15) is 0 Å². The Balaban J connectivity index is 2.28. The molecule has 5 heteroatoms. The van der Waals surface area contributed by atoms with Crippen molar-refractivity contribution in [1.29, 1.82) is 0 Å². The maximum Gasteiger partial charge on any atom is 0.255 e. The molecule has 0 saturated heterocycles. The molecule has 2 rings (SSSR count). The normalized spacial score (nSPS) is 10.1. The second-order valence-electron chi connectivity index (χ2n) is 4.48. The topological polar surface area (TPSA) is 47.6 Å². The SMILES string of the molecule is COc1ccc(OC)c(NC(=O)c2ccc(C)c(F)c2)c1. The van der Waals surface area contributed by atoms with E-state index in [4.69, 9.17) is 9.47 Å². The molecule has 110 valence electrons. The van der Waals surface area contributed by atoms with Gasteiger partial charge in [-0.15, -0.1) is 0 Å². The average Bonchev–Trinajstić information content (AvgIpc) is 2.49. The number of amides is 1. The molecule has 0 radical (unpaired) electrons. The molecule has 2 aromatic rings. The predicted octanol–water partition coefficient (Wildman–Crippen LogP) is 3.40. The van der Waals surface area contributed by atoms with Gasteiger partial charge < -0.3 is 14.8 Å². The van der Waals surface area contributed by atoms with Crippen molar-refractivity contribution in [2.45, 2.75) is 6.92 Å². The van der Waals surface area contributed by atoms with Crippen molar-refractivity contribution < 1.29 is 18.7 Å². The summed E-state index contributed by atoms with van der Waals surface area (Å²) in [7, 11) is 3.03. The van der Waals surface area contributed by atoms with Crippen LogP contribution in [0.3, 0.4) is 0 Å². The molecule has 0 unspecified atom stereocenters. The fraction of sp³-hybridized carbons (Fsp3) is 0.188. The van der Waals surface area contributed by atoms with Crippen LogP contribution in [0.5, 0.6) is 11.5 Å². The van der Waals surface area contributed by atoms with E-state index in [1.165, 1.54) is 20.3 Å². The molecule has 1 N–H and O–H groups in total. The summed E-state index contributed by atoms with van der Waals surface area (Å²) in [5.74, 6) is 0.249. The van der Waals surface area contributed by atoms with Crippen LogP contribution < -0.4 is 14.8 Å². The highest BCUT2D eigenvalue weighted by molar-refractivity contribution is 6.05. The number of carbonyl (C=O) groups is 1. The molecule has 2 aromatic carbocycles. The molecule has 0 aliphatic carbocycles. The molecule has 0 bridgehead atoms. The van der Waals surface area contributed by atoms with Gasteiger partial charge in [0.25, 0.3) is 5.91 Å². The summed E-state index contributed by atoms with van der Waals surface area (Å²) < 4.78 is 23.8. The molecule has 0 saturated carbocycles. The minimum absolute atomic E-state index is 0.239. The lowest BCUT2D eigenvalue weighted by Crippen LogP contribution is -2.13. The van der Waals surface area contributed by atoms with Gasteiger partial charge in [-0.3, -0.25) is 4.79 Å². The van der Waals surface area contributed by atoms with Crippen molar-refractivity contribution in [3.05, 3.63) is 53.3 Å². The quantitative estimate of drug-likeness (QED) is 0.938. The Bertz CT molecular complexity index is 671. The fourth-order valence-electron chi connectivity index (χ4n) is 1.84. The van der Waals surface area contributed by atoms with Crippen LogP contribution in [0.4, 0.5) is 10.1 Å². The van der Waals surface area contributed by atoms with Crippen LogP contribution in [0.1, 0.15) is 15.9 Å². The number of halogens is 1. The zero-order valence-corrected chi connectivity index (χ0v) is 12.1. The second kappa shape index (κ2) is 6.26. The zero-order valence-electron chi connectivity index (χ0n) is 12.1. The molecule has 0 fully saturated rings. The highest BCUT2D eigenvalue weighted by atomic mass is 19.1. The van der Waals surface area contributed by atoms with Crippen molar-refractivity contribution in [1.82, 2.24) is 0 Å². The number of hydrogen-bond donors (Lipinski definition) is 1. The third-order valence-corrected chi connectivity index (χ3v) is 3.09. The number of anilines is 1. The molecular formula is C16H16FNO3. The molecule has 0 aliphatic heterocycles. The number of benzene rings is 2. The van der Waals surface area contributed by atoms with Gasteiger partial charge in [0.1, 0.15) is 17.3 Å². The van der Waals surface area contributed by atoms with Crippen LogP contribution >= 0.6 is 0 Å². The van der Waals surface area contributed by atoms with E-state index < -0.39 is 11.7 Å². The first-order valence-corrected chi connectivity index (χ1v) is 6.34. The lowest BCUT2D eigenvalue weighted by atomic mass is 10.1. The molecule has 0 atom stereocenters. The summed E-state index contributed by atoms with van der Waals surface area (Å²) in [5.41, 5.74) is 1.19. The van der Waals surface area contributed by atoms with E-state index in [1.807, 2.05) is 0 Å². The van der Waals surface area contributed by atoms with Gasteiger partial charge in [-0.1, -0.05) is 6.07 Å². The maximum atomic E-state index is 13.5. The Labute approximate surface area is 122 Å². The Morgan fingerprint density at radius 2 is 1.86 bits per heavy atom. The monoisotopic (exact) mass is 289 g/mol. The van der Waals surface area contributed by atoms with Crippen LogP contribution in [0.2, 0.25) is 0 Å². The van der Waals surface area contributed by atoms with Gasteiger partial charge in [-0.25, -0.2) is 4.39 Å². The molecule has 4 nitrogen and oxygen atoms in total. The Morgan fingerprint density at radius 3 is 2.48 bits per heavy atom. The van der Waals surface area contributed by atoms with Gasteiger partial charge in [0, 0.05) is 11.6 Å². The Morgan fingerprint density at radius 1 is 1.10 bits per heavy atom. The molecular weight excluding hydrogens is 273 g/mol. The van der Waals surface area contributed by atoms with Crippen molar-refractivity contribution in [2.24, 2.45) is 0 Å². The number of carbonyl (C=O) groups excluding carboxylic acids is 1. The van der Waals surface area contributed by atoms with Gasteiger partial charge in [-0.05, 0) is 36.8 Å². The summed E-state index contributed by atoms with van der Waals surface area (Å²) in [6.45, 7) is 1.64. The van der Waals surface area contributed by atoms with E-state index in [-0.39, 0.29) is 5.56 Å². The van der Waals surface area contributed by atoms with Crippen LogP contribution in [0, 0.1) is 12.7 Å². The first kappa shape index (κ1) is 14.8. The lowest BCUT2D eigenvalue weighted by Gasteiger charge is -2.12. The van der Waals surface area contributed by atoms with Crippen LogP contribution in [0.25, 0.3) is 0 Å². The lowest BCUT2D eigenvalue weighted by molar-refractivity contribution is 0.102. The maximum absolute atomic E-state index is 13.5. The fourth-order valence-corrected chi connectivity index (χ4v) is 1.84. The summed E-state index contributed by atoms with van der Waals surface area (Å²) in [5, 5.41) is 2.69. The highest BCUT2D eigenvalue weighted by Gasteiger charge is 2.12. The Hall–Kier alpha value is -2.56. The van der Waals surface area contributed by atoms with Gasteiger partial charge in [0.05, 0.1) is 19.9 Å². The number of ether oxygens (including phenoxy) is 2. The number of nitrogens with one attached hydrogen (secondary N) is 1. The van der Waals surface area contributed by atoms with Crippen molar-refractivity contribution in [3.63, 3.8) is 0 Å². The number of hydrogen-bond acceptors (Lipinski definition) is 3. The van der Waals surface area contributed by atoms with E-state index in [2.05, 4.69) is 5.32 Å². The average molecular weight is 289 g/mol. The van der Waals surface area contributed by atoms with Crippen LogP contribution in [-0.2, 0) is 0 Å². The van der Waals surface area contributed by atoms with E-state index >= 15 is 0 Å². The van der Waals surface area contributed by atoms with E-state index in [0.717, 1.165) is 0 Å². The summed E-state index contributed by atoms with van der Waals surface area (Å²) in [4.78, 5) is 12.2. The highest BCUT2D eigenvalue weighted by Crippen LogP contribution is 2.29. The third-order valence-electron chi connectivity index (χ3n) is 3.09. The third kappa shape index (κ3) is 3.31. The van der Waals surface area contributed by atoms with Crippen molar-refractivity contribution in [2.75, 3.05) is 19.5 Å². The first-order chi connectivity index (χ1) is 10.0. The summed E-state index contributed by atoms with van der Waals surface area (Å²) in [6, 6.07) is 9.39. The number of methoxy groups -OCH3 is 2. The van der Waals surface area contributed by atoms with Crippen molar-refractivity contribution in [3.8, 4) is 11.5 Å². The molecule has 0 spiro atoms. The van der Waals surface area contributed by atoms with Crippen LogP contribution in [-0.4, -0.2) is 20.1 Å².